The second-order valence-corrected chi connectivity index (χ2v) is 5.82. The molecule has 0 fully saturated rings. The predicted octanol–water partition coefficient (Wildman–Crippen LogP) is 3.11. The standard InChI is InChI=1S/C18H29N3O3/c1-5-11-21(12-6-2)17(22)15-7-9-16(10-8-15)20-18(23)19-14(3)13-24-4/h7-10,14H,5-6,11-13H2,1-4H3,(H2,19,20,23). The Morgan fingerprint density at radius 2 is 1.71 bits per heavy atom. The van der Waals surface area contributed by atoms with Crippen LogP contribution in [0.15, 0.2) is 24.3 Å². The lowest BCUT2D eigenvalue weighted by atomic mass is 10.1. The van der Waals surface area contributed by atoms with Crippen molar-refractivity contribution in [2.24, 2.45) is 0 Å². The number of methoxy groups -OCH3 is 1. The Kier molecular flexibility index (Phi) is 8.86. The van der Waals surface area contributed by atoms with Crippen LogP contribution in [0.3, 0.4) is 0 Å². The van der Waals surface area contributed by atoms with Crippen molar-refractivity contribution < 1.29 is 14.3 Å². The van der Waals surface area contributed by atoms with Crippen LogP contribution in [-0.4, -0.2) is 49.7 Å². The van der Waals surface area contributed by atoms with Gasteiger partial charge in [0, 0.05) is 31.5 Å². The van der Waals surface area contributed by atoms with Crippen molar-refractivity contribution >= 4 is 17.6 Å². The van der Waals surface area contributed by atoms with Crippen LogP contribution in [0.2, 0.25) is 0 Å². The van der Waals surface area contributed by atoms with Crippen LogP contribution in [0.4, 0.5) is 10.5 Å². The van der Waals surface area contributed by atoms with E-state index in [0.29, 0.717) is 17.9 Å². The molecule has 0 spiro atoms. The quantitative estimate of drug-likeness (QED) is 0.728. The molecule has 2 N–H and O–H groups in total. The zero-order valence-corrected chi connectivity index (χ0v) is 15.1. The van der Waals surface area contributed by atoms with Crippen molar-refractivity contribution in [3.05, 3.63) is 29.8 Å². The molecular formula is C18H29N3O3. The molecule has 1 unspecified atom stereocenters. The highest BCUT2D eigenvalue weighted by molar-refractivity contribution is 5.95. The van der Waals surface area contributed by atoms with Crippen LogP contribution in [0, 0.1) is 0 Å². The lowest BCUT2D eigenvalue weighted by Crippen LogP contribution is -2.38. The minimum absolute atomic E-state index is 0.0309. The van der Waals surface area contributed by atoms with E-state index in [1.807, 2.05) is 11.8 Å². The number of anilines is 1. The summed E-state index contributed by atoms with van der Waals surface area (Å²) in [6.07, 6.45) is 1.87. The smallest absolute Gasteiger partial charge is 0.319 e. The first kappa shape index (κ1) is 20.0. The van der Waals surface area contributed by atoms with Crippen molar-refractivity contribution in [3.8, 4) is 0 Å². The molecule has 0 heterocycles. The molecule has 0 aliphatic rings. The SMILES string of the molecule is CCCN(CCC)C(=O)c1ccc(NC(=O)NC(C)COC)cc1. The molecule has 1 atom stereocenters. The number of benzene rings is 1. The maximum atomic E-state index is 12.5. The van der Waals surface area contributed by atoms with Crippen molar-refractivity contribution in [1.82, 2.24) is 10.2 Å². The fourth-order valence-corrected chi connectivity index (χ4v) is 2.42. The summed E-state index contributed by atoms with van der Waals surface area (Å²) in [4.78, 5) is 26.2. The molecule has 0 saturated carbocycles. The molecule has 0 aliphatic carbocycles. The van der Waals surface area contributed by atoms with Gasteiger partial charge in [0.05, 0.1) is 12.6 Å². The Balaban J connectivity index is 2.64. The lowest BCUT2D eigenvalue weighted by molar-refractivity contribution is 0.0755. The number of amides is 3. The summed E-state index contributed by atoms with van der Waals surface area (Å²) < 4.78 is 4.97. The summed E-state index contributed by atoms with van der Waals surface area (Å²) in [5, 5.41) is 5.51. The summed E-state index contributed by atoms with van der Waals surface area (Å²) in [7, 11) is 1.59. The summed E-state index contributed by atoms with van der Waals surface area (Å²) >= 11 is 0. The molecule has 134 valence electrons. The molecule has 3 amide bonds. The van der Waals surface area contributed by atoms with Gasteiger partial charge >= 0.3 is 6.03 Å². The minimum atomic E-state index is -0.294. The van der Waals surface area contributed by atoms with E-state index in [9.17, 15) is 9.59 Å². The van der Waals surface area contributed by atoms with E-state index < -0.39 is 0 Å². The van der Waals surface area contributed by atoms with Gasteiger partial charge in [-0.3, -0.25) is 4.79 Å². The number of hydrogen-bond donors (Lipinski definition) is 2. The summed E-state index contributed by atoms with van der Waals surface area (Å²) in [6, 6.07) is 6.60. The highest BCUT2D eigenvalue weighted by Crippen LogP contribution is 2.12. The van der Waals surface area contributed by atoms with Crippen molar-refractivity contribution in [3.63, 3.8) is 0 Å². The maximum Gasteiger partial charge on any atom is 0.319 e. The van der Waals surface area contributed by atoms with Gasteiger partial charge in [-0.2, -0.15) is 0 Å². The Morgan fingerprint density at radius 3 is 2.21 bits per heavy atom. The third-order valence-electron chi connectivity index (χ3n) is 3.46. The highest BCUT2D eigenvalue weighted by Gasteiger charge is 2.14. The molecule has 0 bridgehead atoms. The molecule has 1 aromatic rings. The Hall–Kier alpha value is -2.08. The van der Waals surface area contributed by atoms with Gasteiger partial charge in [-0.25, -0.2) is 4.79 Å². The highest BCUT2D eigenvalue weighted by atomic mass is 16.5. The van der Waals surface area contributed by atoms with Crippen LogP contribution in [-0.2, 0) is 4.74 Å². The largest absolute Gasteiger partial charge is 0.383 e. The van der Waals surface area contributed by atoms with Gasteiger partial charge in [0.15, 0.2) is 0 Å². The van der Waals surface area contributed by atoms with Crippen LogP contribution in [0.5, 0.6) is 0 Å². The predicted molar refractivity (Wildman–Crippen MR) is 96.4 cm³/mol. The van der Waals surface area contributed by atoms with Gasteiger partial charge in [-0.05, 0) is 44.0 Å². The molecule has 0 saturated heterocycles. The number of urea groups is 1. The number of carbonyl (C=O) groups is 2. The van der Waals surface area contributed by atoms with Gasteiger partial charge in [-0.15, -0.1) is 0 Å². The first-order chi connectivity index (χ1) is 11.5. The topological polar surface area (TPSA) is 70.7 Å². The molecular weight excluding hydrogens is 306 g/mol. The second-order valence-electron chi connectivity index (χ2n) is 5.82. The normalized spacial score (nSPS) is 11.7. The summed E-state index contributed by atoms with van der Waals surface area (Å²) in [5.41, 5.74) is 1.28. The number of ether oxygens (including phenoxy) is 1. The zero-order valence-electron chi connectivity index (χ0n) is 15.1. The third-order valence-corrected chi connectivity index (χ3v) is 3.46. The van der Waals surface area contributed by atoms with Crippen LogP contribution < -0.4 is 10.6 Å². The number of nitrogens with one attached hydrogen (secondary N) is 2. The summed E-state index contributed by atoms with van der Waals surface area (Å²) in [6.45, 7) is 7.95. The Labute approximate surface area is 144 Å². The third kappa shape index (κ3) is 6.58. The van der Waals surface area contributed by atoms with Gasteiger partial charge in [0.1, 0.15) is 0 Å². The van der Waals surface area contributed by atoms with E-state index in [4.69, 9.17) is 4.74 Å². The average molecular weight is 335 g/mol. The Morgan fingerprint density at radius 1 is 1.12 bits per heavy atom. The van der Waals surface area contributed by atoms with E-state index in [1.165, 1.54) is 0 Å². The van der Waals surface area contributed by atoms with E-state index >= 15 is 0 Å². The van der Waals surface area contributed by atoms with E-state index in [1.54, 1.807) is 31.4 Å². The molecule has 1 rings (SSSR count). The molecule has 0 aliphatic heterocycles. The molecule has 6 nitrogen and oxygen atoms in total. The fourth-order valence-electron chi connectivity index (χ4n) is 2.42. The van der Waals surface area contributed by atoms with E-state index in [-0.39, 0.29) is 18.0 Å². The van der Waals surface area contributed by atoms with Crippen molar-refractivity contribution in [1.29, 1.82) is 0 Å². The number of hydrogen-bond acceptors (Lipinski definition) is 3. The van der Waals surface area contributed by atoms with Gasteiger partial charge < -0.3 is 20.3 Å². The number of rotatable bonds is 9. The monoisotopic (exact) mass is 335 g/mol. The first-order valence-corrected chi connectivity index (χ1v) is 8.47. The molecule has 0 aromatic heterocycles. The van der Waals surface area contributed by atoms with Crippen LogP contribution in [0.1, 0.15) is 44.0 Å². The zero-order chi connectivity index (χ0) is 17.9. The van der Waals surface area contributed by atoms with E-state index in [0.717, 1.165) is 25.9 Å². The van der Waals surface area contributed by atoms with Crippen molar-refractivity contribution in [2.75, 3.05) is 32.1 Å². The summed E-state index contributed by atoms with van der Waals surface area (Å²) in [5.74, 6) is 0.0309. The molecule has 0 radical (unpaired) electrons. The van der Waals surface area contributed by atoms with Gasteiger partial charge in [0.25, 0.3) is 5.91 Å². The number of carbonyl (C=O) groups excluding carboxylic acids is 2. The minimum Gasteiger partial charge on any atom is -0.383 e. The average Bonchev–Trinajstić information content (AvgIpc) is 2.54. The Bertz CT molecular complexity index is 511. The fraction of sp³-hybridized carbons (Fsp3) is 0.556. The van der Waals surface area contributed by atoms with Gasteiger partial charge in [0.2, 0.25) is 0 Å². The molecule has 6 heteroatoms. The van der Waals surface area contributed by atoms with E-state index in [2.05, 4.69) is 24.5 Å². The lowest BCUT2D eigenvalue weighted by Gasteiger charge is -2.21. The second kappa shape index (κ2) is 10.6. The van der Waals surface area contributed by atoms with Crippen LogP contribution >= 0.6 is 0 Å². The first-order valence-electron chi connectivity index (χ1n) is 8.47. The number of nitrogens with zero attached hydrogens (tertiary/aromatic N) is 1. The van der Waals surface area contributed by atoms with Crippen LogP contribution in [0.25, 0.3) is 0 Å². The molecule has 24 heavy (non-hydrogen) atoms. The van der Waals surface area contributed by atoms with Crippen molar-refractivity contribution in [2.45, 2.75) is 39.7 Å². The maximum absolute atomic E-state index is 12.5. The molecule has 1 aromatic carbocycles. The van der Waals surface area contributed by atoms with Gasteiger partial charge in [-0.1, -0.05) is 13.8 Å².